The summed E-state index contributed by atoms with van der Waals surface area (Å²) in [5.41, 5.74) is 2.78. The second-order valence-corrected chi connectivity index (χ2v) is 3.60. The summed E-state index contributed by atoms with van der Waals surface area (Å²) >= 11 is 0. The number of carbonyl (C=O) groups excluding carboxylic acids is 1. The Hall–Kier alpha value is -2.23. The van der Waals surface area contributed by atoms with Crippen molar-refractivity contribution in [3.8, 4) is 11.5 Å². The number of carbonyl (C=O) groups is 1. The number of rotatable bonds is 5. The Morgan fingerprint density at radius 1 is 1.26 bits per heavy atom. The lowest BCUT2D eigenvalue weighted by Gasteiger charge is -2.14. The molecule has 1 rings (SSSR count). The highest BCUT2D eigenvalue weighted by Gasteiger charge is 2.22. The second kappa shape index (κ2) is 6.64. The summed E-state index contributed by atoms with van der Waals surface area (Å²) in [5, 5.41) is 10.1. The predicted molar refractivity (Wildman–Crippen MR) is 69.2 cm³/mol. The number of benzene rings is 1. The molecular formula is C14H16O5. The van der Waals surface area contributed by atoms with Crippen LogP contribution in [0.1, 0.15) is 11.7 Å². The number of aliphatic hydroxyl groups excluding tert-OH is 1. The van der Waals surface area contributed by atoms with Crippen molar-refractivity contribution < 1.29 is 24.1 Å². The number of methoxy groups -OCH3 is 3. The molecule has 5 nitrogen and oxygen atoms in total. The number of aliphatic hydroxyl groups is 1. The maximum absolute atomic E-state index is 11.5. The molecule has 0 aliphatic rings. The van der Waals surface area contributed by atoms with Gasteiger partial charge >= 0.3 is 5.97 Å². The van der Waals surface area contributed by atoms with Crippen molar-refractivity contribution in [2.45, 2.75) is 6.10 Å². The minimum Gasteiger partial charge on any atom is -0.493 e. The van der Waals surface area contributed by atoms with Gasteiger partial charge in [0, 0.05) is 0 Å². The molecular weight excluding hydrogens is 248 g/mol. The zero-order valence-corrected chi connectivity index (χ0v) is 11.1. The van der Waals surface area contributed by atoms with Crippen molar-refractivity contribution >= 4 is 5.97 Å². The summed E-state index contributed by atoms with van der Waals surface area (Å²) in [6.07, 6.45) is -1.19. The molecule has 0 radical (unpaired) electrons. The highest BCUT2D eigenvalue weighted by atomic mass is 16.5. The Balaban J connectivity index is 3.16. The van der Waals surface area contributed by atoms with E-state index in [1.165, 1.54) is 21.3 Å². The Bertz CT molecular complexity index is 515. The van der Waals surface area contributed by atoms with Crippen LogP contribution in [-0.4, -0.2) is 32.4 Å². The molecule has 19 heavy (non-hydrogen) atoms. The van der Waals surface area contributed by atoms with Gasteiger partial charge in [-0.25, -0.2) is 4.79 Å². The molecule has 0 heterocycles. The number of hydrogen-bond donors (Lipinski definition) is 1. The van der Waals surface area contributed by atoms with Crippen LogP contribution >= 0.6 is 0 Å². The van der Waals surface area contributed by atoms with Gasteiger partial charge in [0.15, 0.2) is 11.5 Å². The van der Waals surface area contributed by atoms with E-state index in [1.807, 2.05) is 0 Å². The van der Waals surface area contributed by atoms with E-state index in [0.717, 1.165) is 0 Å². The molecule has 1 aromatic carbocycles. The molecule has 1 atom stereocenters. The van der Waals surface area contributed by atoms with Crippen LogP contribution in [0.15, 0.2) is 36.1 Å². The van der Waals surface area contributed by atoms with Gasteiger partial charge in [-0.15, -0.1) is 5.73 Å². The van der Waals surface area contributed by atoms with Crippen LogP contribution in [-0.2, 0) is 9.53 Å². The lowest BCUT2D eigenvalue weighted by molar-refractivity contribution is -0.137. The highest BCUT2D eigenvalue weighted by molar-refractivity contribution is 5.89. The van der Waals surface area contributed by atoms with Crippen LogP contribution in [0.25, 0.3) is 0 Å². The first-order valence-electron chi connectivity index (χ1n) is 5.47. The minimum atomic E-state index is -1.19. The van der Waals surface area contributed by atoms with E-state index in [-0.39, 0.29) is 5.57 Å². The largest absolute Gasteiger partial charge is 0.493 e. The van der Waals surface area contributed by atoms with Crippen LogP contribution < -0.4 is 9.47 Å². The van der Waals surface area contributed by atoms with Crippen molar-refractivity contribution in [2.75, 3.05) is 21.3 Å². The smallest absolute Gasteiger partial charge is 0.344 e. The van der Waals surface area contributed by atoms with Gasteiger partial charge in [-0.1, -0.05) is 12.6 Å². The molecule has 0 saturated heterocycles. The maximum atomic E-state index is 11.5. The van der Waals surface area contributed by atoms with E-state index in [4.69, 9.17) is 9.47 Å². The third-order valence-electron chi connectivity index (χ3n) is 2.59. The molecule has 0 saturated carbocycles. The van der Waals surface area contributed by atoms with E-state index < -0.39 is 12.1 Å². The van der Waals surface area contributed by atoms with Crippen molar-refractivity contribution in [1.82, 2.24) is 0 Å². The van der Waals surface area contributed by atoms with E-state index in [0.29, 0.717) is 17.1 Å². The van der Waals surface area contributed by atoms with Gasteiger partial charge in [-0.05, 0) is 17.7 Å². The molecule has 0 unspecified atom stereocenters. The van der Waals surface area contributed by atoms with Crippen LogP contribution in [0.4, 0.5) is 0 Å². The van der Waals surface area contributed by atoms with E-state index in [9.17, 15) is 9.90 Å². The number of esters is 1. The summed E-state index contributed by atoms with van der Waals surface area (Å²) in [6.45, 7) is 3.37. The summed E-state index contributed by atoms with van der Waals surface area (Å²) in [7, 11) is 4.22. The number of hydrogen-bond acceptors (Lipinski definition) is 5. The SMILES string of the molecule is C=C=C(C(=O)OC)[C@H](O)c1ccc(OC)c(OC)c1. The monoisotopic (exact) mass is 264 g/mol. The normalized spacial score (nSPS) is 11.2. The van der Waals surface area contributed by atoms with Crippen LogP contribution in [0.2, 0.25) is 0 Å². The third kappa shape index (κ3) is 3.16. The molecule has 0 spiro atoms. The Morgan fingerprint density at radius 2 is 1.89 bits per heavy atom. The first-order chi connectivity index (χ1) is 9.08. The molecule has 1 N–H and O–H groups in total. The van der Waals surface area contributed by atoms with Crippen molar-refractivity contribution in [2.24, 2.45) is 0 Å². The average Bonchev–Trinajstić information content (AvgIpc) is 2.46. The molecule has 0 bridgehead atoms. The Kier molecular flexibility index (Phi) is 5.18. The van der Waals surface area contributed by atoms with Crippen LogP contribution in [0, 0.1) is 0 Å². The van der Waals surface area contributed by atoms with Gasteiger partial charge in [0.2, 0.25) is 0 Å². The molecule has 0 fully saturated rings. The van der Waals surface area contributed by atoms with Crippen LogP contribution in [0.5, 0.6) is 11.5 Å². The summed E-state index contributed by atoms with van der Waals surface area (Å²) in [5.74, 6) is 0.297. The predicted octanol–water partition coefficient (Wildman–Crippen LogP) is 1.62. The summed E-state index contributed by atoms with van der Waals surface area (Å²) in [4.78, 5) is 11.5. The quantitative estimate of drug-likeness (QED) is 0.497. The topological polar surface area (TPSA) is 65.0 Å². The first-order valence-corrected chi connectivity index (χ1v) is 5.47. The van der Waals surface area contributed by atoms with Gasteiger partial charge < -0.3 is 19.3 Å². The van der Waals surface area contributed by atoms with Gasteiger partial charge in [-0.3, -0.25) is 0 Å². The van der Waals surface area contributed by atoms with Gasteiger partial charge in [0.25, 0.3) is 0 Å². The molecule has 0 aliphatic carbocycles. The number of ether oxygens (including phenoxy) is 3. The highest BCUT2D eigenvalue weighted by Crippen LogP contribution is 2.32. The average molecular weight is 264 g/mol. The zero-order chi connectivity index (χ0) is 14.4. The lowest BCUT2D eigenvalue weighted by atomic mass is 10.0. The van der Waals surface area contributed by atoms with Gasteiger partial charge in [0.1, 0.15) is 11.7 Å². The zero-order valence-electron chi connectivity index (χ0n) is 11.1. The maximum Gasteiger partial charge on any atom is 0.344 e. The lowest BCUT2D eigenvalue weighted by Crippen LogP contribution is -2.12. The van der Waals surface area contributed by atoms with E-state index in [1.54, 1.807) is 18.2 Å². The second-order valence-electron chi connectivity index (χ2n) is 3.60. The third-order valence-corrected chi connectivity index (χ3v) is 2.59. The van der Waals surface area contributed by atoms with Crippen molar-refractivity contribution in [1.29, 1.82) is 0 Å². The van der Waals surface area contributed by atoms with Gasteiger partial charge in [0.05, 0.1) is 21.3 Å². The Labute approximate surface area is 111 Å². The summed E-state index contributed by atoms with van der Waals surface area (Å²) < 4.78 is 14.8. The molecule has 0 aromatic heterocycles. The fourth-order valence-corrected chi connectivity index (χ4v) is 1.58. The molecule has 102 valence electrons. The minimum absolute atomic E-state index is 0.0604. The van der Waals surface area contributed by atoms with E-state index in [2.05, 4.69) is 17.0 Å². The molecule has 0 amide bonds. The van der Waals surface area contributed by atoms with Crippen molar-refractivity contribution in [3.05, 3.63) is 41.6 Å². The van der Waals surface area contributed by atoms with Crippen molar-refractivity contribution in [3.63, 3.8) is 0 Å². The molecule has 0 aliphatic heterocycles. The Morgan fingerprint density at radius 3 is 2.37 bits per heavy atom. The van der Waals surface area contributed by atoms with Crippen LogP contribution in [0.3, 0.4) is 0 Å². The van der Waals surface area contributed by atoms with Gasteiger partial charge in [-0.2, -0.15) is 0 Å². The van der Waals surface area contributed by atoms with E-state index >= 15 is 0 Å². The summed E-state index contributed by atoms with van der Waals surface area (Å²) in [6, 6.07) is 4.82. The standard InChI is InChI=1S/C14H16O5/c1-5-10(14(16)19-4)13(15)9-6-7-11(17-2)12(8-9)18-3/h6-8,13,15H,1H2,2-4H3/t13-/m1/s1. The molecule has 5 heteroatoms. The fourth-order valence-electron chi connectivity index (χ4n) is 1.58. The first kappa shape index (κ1) is 14.8. The fraction of sp³-hybridized carbons (Fsp3) is 0.286. The molecule has 1 aromatic rings.